The molecule has 3 heterocycles. The summed E-state index contributed by atoms with van der Waals surface area (Å²) in [5.41, 5.74) is 8.35. The van der Waals surface area contributed by atoms with Crippen molar-refractivity contribution in [1.29, 1.82) is 5.26 Å². The van der Waals surface area contributed by atoms with E-state index in [2.05, 4.69) is 36.6 Å². The fourth-order valence-corrected chi connectivity index (χ4v) is 3.76. The number of amides is 1. The van der Waals surface area contributed by atoms with Crippen molar-refractivity contribution in [1.82, 2.24) is 15.0 Å². The molecule has 1 amide bonds. The number of aromatic nitrogens is 3. The van der Waals surface area contributed by atoms with Gasteiger partial charge < -0.3 is 21.3 Å². The maximum atomic E-state index is 11.9. The molecule has 1 aliphatic rings. The summed E-state index contributed by atoms with van der Waals surface area (Å²) in [5.74, 6) is 1.05. The van der Waals surface area contributed by atoms with Crippen molar-refractivity contribution in [2.45, 2.75) is 12.8 Å². The largest absolute Gasteiger partial charge is 0.384 e. The minimum Gasteiger partial charge on any atom is -0.384 e. The van der Waals surface area contributed by atoms with E-state index < -0.39 is 5.91 Å². The van der Waals surface area contributed by atoms with Crippen LogP contribution in [-0.2, 0) is 0 Å². The number of hydrogen-bond acceptors (Lipinski definition) is 8. The molecule has 0 spiro atoms. The molecule has 0 unspecified atom stereocenters. The smallest absolute Gasteiger partial charge is 0.252 e. The number of benzene rings is 1. The Balaban J connectivity index is 1.37. The summed E-state index contributed by atoms with van der Waals surface area (Å²) in [7, 11) is 0. The molecule has 4 N–H and O–H groups in total. The van der Waals surface area contributed by atoms with E-state index in [1.54, 1.807) is 24.7 Å². The number of nitrogens with zero attached hydrogens (tertiary/aromatic N) is 5. The molecular formula is C23H24N8O. The lowest BCUT2D eigenvalue weighted by atomic mass is 9.96. The Morgan fingerprint density at radius 3 is 2.56 bits per heavy atom. The normalized spacial score (nSPS) is 13.9. The van der Waals surface area contributed by atoms with Crippen molar-refractivity contribution in [2.24, 2.45) is 11.7 Å². The maximum absolute atomic E-state index is 11.9. The van der Waals surface area contributed by atoms with E-state index in [9.17, 15) is 4.79 Å². The molecule has 1 aromatic carbocycles. The molecule has 0 bridgehead atoms. The molecule has 0 aliphatic carbocycles. The second-order valence-electron chi connectivity index (χ2n) is 7.67. The van der Waals surface area contributed by atoms with Crippen LogP contribution >= 0.6 is 0 Å². The van der Waals surface area contributed by atoms with Crippen molar-refractivity contribution >= 4 is 28.9 Å². The zero-order chi connectivity index (χ0) is 22.3. The van der Waals surface area contributed by atoms with Crippen LogP contribution in [-0.4, -0.2) is 40.5 Å². The van der Waals surface area contributed by atoms with Gasteiger partial charge in [-0.3, -0.25) is 9.78 Å². The second-order valence-corrected chi connectivity index (χ2v) is 7.67. The highest BCUT2D eigenvalue weighted by Crippen LogP contribution is 2.25. The number of nitrogens with one attached hydrogen (secondary N) is 2. The van der Waals surface area contributed by atoms with Crippen LogP contribution in [0, 0.1) is 17.2 Å². The first kappa shape index (κ1) is 21.1. The number of primary amides is 1. The summed E-state index contributed by atoms with van der Waals surface area (Å²) in [6.07, 6.45) is 8.29. The van der Waals surface area contributed by atoms with Gasteiger partial charge >= 0.3 is 0 Å². The summed E-state index contributed by atoms with van der Waals surface area (Å²) in [5, 5.41) is 15.4. The fraction of sp³-hybridized carbons (Fsp3) is 0.261. The molecular weight excluding hydrogens is 404 g/mol. The molecule has 4 rings (SSSR count). The average Bonchev–Trinajstić information content (AvgIpc) is 2.84. The Morgan fingerprint density at radius 2 is 1.91 bits per heavy atom. The number of rotatable bonds is 7. The van der Waals surface area contributed by atoms with Gasteiger partial charge in [-0.15, -0.1) is 0 Å². The number of carbonyl (C=O) groups is 1. The minimum absolute atomic E-state index is 0.352. The molecule has 32 heavy (non-hydrogen) atoms. The number of hydrogen-bond donors (Lipinski definition) is 3. The first-order valence-corrected chi connectivity index (χ1v) is 10.4. The predicted molar refractivity (Wildman–Crippen MR) is 123 cm³/mol. The third-order valence-corrected chi connectivity index (χ3v) is 5.55. The third-order valence-electron chi connectivity index (χ3n) is 5.55. The minimum atomic E-state index is -0.526. The molecule has 0 saturated carbocycles. The van der Waals surface area contributed by atoms with Gasteiger partial charge in [0, 0.05) is 50.0 Å². The third kappa shape index (κ3) is 5.10. The van der Waals surface area contributed by atoms with Gasteiger partial charge in [0.25, 0.3) is 5.91 Å². The van der Waals surface area contributed by atoms with Crippen molar-refractivity contribution in [3.05, 3.63) is 66.2 Å². The van der Waals surface area contributed by atoms with Crippen LogP contribution in [0.2, 0.25) is 0 Å². The Bertz CT molecular complexity index is 1100. The van der Waals surface area contributed by atoms with Gasteiger partial charge in [-0.1, -0.05) is 0 Å². The maximum Gasteiger partial charge on any atom is 0.252 e. The molecule has 0 radical (unpaired) electrons. The van der Waals surface area contributed by atoms with Crippen LogP contribution in [0.4, 0.5) is 23.0 Å². The highest BCUT2D eigenvalue weighted by molar-refractivity contribution is 5.98. The Morgan fingerprint density at radius 1 is 1.12 bits per heavy atom. The SMILES string of the molecule is N#Cc1ccc(N2CCC(CNc3cc(Nc4cnccn4)ncc3C(N)=O)CC2)cc1. The van der Waals surface area contributed by atoms with Gasteiger partial charge in [-0.25, -0.2) is 9.97 Å². The van der Waals surface area contributed by atoms with Crippen molar-refractivity contribution < 1.29 is 4.79 Å². The van der Waals surface area contributed by atoms with Gasteiger partial charge in [0.05, 0.1) is 29.1 Å². The van der Waals surface area contributed by atoms with E-state index in [1.165, 1.54) is 6.20 Å². The lowest BCUT2D eigenvalue weighted by Gasteiger charge is -2.34. The van der Waals surface area contributed by atoms with Crippen LogP contribution in [0.3, 0.4) is 0 Å². The van der Waals surface area contributed by atoms with Crippen LogP contribution in [0.25, 0.3) is 0 Å². The van der Waals surface area contributed by atoms with E-state index >= 15 is 0 Å². The topological polar surface area (TPSA) is 133 Å². The predicted octanol–water partition coefficient (Wildman–Crippen LogP) is 2.91. The van der Waals surface area contributed by atoms with Gasteiger partial charge in [0.2, 0.25) is 0 Å². The van der Waals surface area contributed by atoms with E-state index in [0.29, 0.717) is 34.4 Å². The van der Waals surface area contributed by atoms with Crippen molar-refractivity contribution in [2.75, 3.05) is 35.2 Å². The van der Waals surface area contributed by atoms with E-state index in [0.717, 1.165) is 38.2 Å². The molecule has 0 atom stereocenters. The Labute approximate surface area is 186 Å². The van der Waals surface area contributed by atoms with Gasteiger partial charge in [0.15, 0.2) is 0 Å². The van der Waals surface area contributed by atoms with Crippen molar-refractivity contribution in [3.8, 4) is 6.07 Å². The molecule has 162 valence electrons. The lowest BCUT2D eigenvalue weighted by molar-refractivity contribution is 0.100. The molecule has 3 aromatic rings. The molecule has 1 saturated heterocycles. The highest BCUT2D eigenvalue weighted by atomic mass is 16.1. The number of nitriles is 1. The zero-order valence-corrected chi connectivity index (χ0v) is 17.5. The van der Waals surface area contributed by atoms with Crippen LogP contribution in [0.1, 0.15) is 28.8 Å². The molecule has 9 heteroatoms. The lowest BCUT2D eigenvalue weighted by Crippen LogP contribution is -2.36. The number of anilines is 4. The number of carbonyl (C=O) groups excluding carboxylic acids is 1. The summed E-state index contributed by atoms with van der Waals surface area (Å²) < 4.78 is 0. The van der Waals surface area contributed by atoms with Gasteiger partial charge in [-0.05, 0) is 43.0 Å². The van der Waals surface area contributed by atoms with Crippen molar-refractivity contribution in [3.63, 3.8) is 0 Å². The summed E-state index contributed by atoms with van der Waals surface area (Å²) >= 11 is 0. The molecule has 1 aliphatic heterocycles. The standard InChI is InChI=1S/C23H24N8O/c24-12-16-1-3-18(4-2-16)31-9-5-17(6-10-31)13-28-20-11-21(29-14-19(20)23(25)32)30-22-15-26-7-8-27-22/h1-4,7-8,11,14-15,17H,5-6,9-10,13H2,(H2,25,32)(H2,27,28,29,30). The quantitative estimate of drug-likeness (QED) is 0.523. The van der Waals surface area contributed by atoms with Crippen LogP contribution in [0.15, 0.2) is 55.1 Å². The summed E-state index contributed by atoms with van der Waals surface area (Å²) in [4.78, 5) is 26.7. The summed E-state index contributed by atoms with van der Waals surface area (Å²) in [6.45, 7) is 2.61. The number of nitrogens with two attached hydrogens (primary N) is 1. The highest BCUT2D eigenvalue weighted by Gasteiger charge is 2.20. The van der Waals surface area contributed by atoms with Gasteiger partial charge in [-0.2, -0.15) is 5.26 Å². The van der Waals surface area contributed by atoms with E-state index in [1.807, 2.05) is 24.3 Å². The fourth-order valence-electron chi connectivity index (χ4n) is 3.76. The van der Waals surface area contributed by atoms with E-state index in [4.69, 9.17) is 11.0 Å². The van der Waals surface area contributed by atoms with Gasteiger partial charge in [0.1, 0.15) is 11.6 Å². The first-order valence-electron chi connectivity index (χ1n) is 10.4. The molecule has 1 fully saturated rings. The van der Waals surface area contributed by atoms with Crippen LogP contribution in [0.5, 0.6) is 0 Å². The summed E-state index contributed by atoms with van der Waals surface area (Å²) in [6, 6.07) is 11.6. The Kier molecular flexibility index (Phi) is 6.41. The monoisotopic (exact) mass is 428 g/mol. The average molecular weight is 429 g/mol. The van der Waals surface area contributed by atoms with Crippen LogP contribution < -0.4 is 21.3 Å². The Hall–Kier alpha value is -4.19. The second kappa shape index (κ2) is 9.75. The molecule has 2 aromatic heterocycles. The number of piperidine rings is 1. The number of pyridine rings is 1. The first-order chi connectivity index (χ1) is 15.6. The molecule has 9 nitrogen and oxygen atoms in total. The zero-order valence-electron chi connectivity index (χ0n) is 17.5. The van der Waals surface area contributed by atoms with E-state index in [-0.39, 0.29) is 0 Å².